The van der Waals surface area contributed by atoms with Crippen LogP contribution >= 0.6 is 0 Å². The van der Waals surface area contributed by atoms with E-state index in [0.29, 0.717) is 37.4 Å². The van der Waals surface area contributed by atoms with Gasteiger partial charge in [-0.2, -0.15) is 0 Å². The quantitative estimate of drug-likeness (QED) is 0.468. The number of aliphatic carboxylic acids is 1. The van der Waals surface area contributed by atoms with Gasteiger partial charge in [0.2, 0.25) is 5.91 Å². The molecule has 2 rings (SSSR count). The highest BCUT2D eigenvalue weighted by Gasteiger charge is 2.29. The van der Waals surface area contributed by atoms with Gasteiger partial charge in [0.15, 0.2) is 11.6 Å². The number of amides is 1. The maximum atomic E-state index is 13.3. The molecule has 1 unspecified atom stereocenters. The van der Waals surface area contributed by atoms with E-state index >= 15 is 0 Å². The fraction of sp³-hybridized carbons (Fsp3) is 0.550. The lowest BCUT2D eigenvalue weighted by atomic mass is 10.1. The van der Waals surface area contributed by atoms with Crippen molar-refractivity contribution in [3.63, 3.8) is 0 Å². The molecule has 156 valence electrons. The molecule has 0 saturated heterocycles. The number of carbonyl (C=O) groups is 3. The molecule has 6 nitrogen and oxygen atoms in total. The maximum absolute atomic E-state index is 13.3. The summed E-state index contributed by atoms with van der Waals surface area (Å²) >= 11 is 0. The van der Waals surface area contributed by atoms with E-state index in [-0.39, 0.29) is 5.91 Å². The molecule has 1 aliphatic carbocycles. The van der Waals surface area contributed by atoms with Crippen LogP contribution in [0.2, 0.25) is 0 Å². The van der Waals surface area contributed by atoms with Crippen LogP contribution in [-0.4, -0.2) is 47.8 Å². The number of carboxylic acids is 1. The predicted octanol–water partition coefficient (Wildman–Crippen LogP) is 2.75. The van der Waals surface area contributed by atoms with Crippen molar-refractivity contribution in [3.05, 3.63) is 35.4 Å². The Labute approximate surface area is 163 Å². The molecule has 1 amide bonds. The van der Waals surface area contributed by atoms with Crippen LogP contribution in [0, 0.1) is 17.6 Å². The second-order valence-electron chi connectivity index (χ2n) is 7.03. The van der Waals surface area contributed by atoms with Crippen molar-refractivity contribution in [2.24, 2.45) is 5.92 Å². The van der Waals surface area contributed by atoms with Crippen molar-refractivity contribution in [2.75, 3.05) is 13.6 Å². The van der Waals surface area contributed by atoms with E-state index < -0.39 is 23.6 Å². The molecule has 1 aromatic rings. The first-order valence-electron chi connectivity index (χ1n) is 9.29. The maximum Gasteiger partial charge on any atom is 0.326 e. The van der Waals surface area contributed by atoms with E-state index in [2.05, 4.69) is 5.32 Å². The molecule has 0 bridgehead atoms. The molecule has 0 aromatic heterocycles. The van der Waals surface area contributed by atoms with E-state index in [0.717, 1.165) is 31.6 Å². The molecule has 8 heteroatoms. The number of hydrogen-bond donors (Lipinski definition) is 2. The number of unbranched alkanes of at least 4 members (excludes halogenated alkanes) is 1. The monoisotopic (exact) mass is 398 g/mol. The molecule has 1 atom stereocenters. The molecule has 2 N–H and O–H groups in total. The van der Waals surface area contributed by atoms with Crippen molar-refractivity contribution >= 4 is 18.2 Å². The minimum absolute atomic E-state index is 0.275. The number of carboxylic acid groups (broad SMARTS) is 1. The zero-order chi connectivity index (χ0) is 21.1. The standard InChI is InChI=1S/C12H15F2NO.C8H13NO3/c1-15(7-2-3-8-16)9-10-5-4-6-11(13)12(10)14;1-5(10)9-7(8(11)12)4-6-2-3-6/h4-6,8H,2-3,7,9H2,1H3;6-7H,2-4H2,1H3,(H,9,10)(H,11,12). The number of nitrogens with one attached hydrogen (secondary N) is 1. The van der Waals surface area contributed by atoms with Crippen LogP contribution in [0.1, 0.15) is 44.6 Å². The van der Waals surface area contributed by atoms with Gasteiger partial charge in [-0.25, -0.2) is 13.6 Å². The van der Waals surface area contributed by atoms with Crippen LogP contribution < -0.4 is 5.32 Å². The van der Waals surface area contributed by atoms with E-state index in [1.165, 1.54) is 13.0 Å². The van der Waals surface area contributed by atoms with Gasteiger partial charge in [-0.3, -0.25) is 4.79 Å². The van der Waals surface area contributed by atoms with Gasteiger partial charge < -0.3 is 20.1 Å². The zero-order valence-electron chi connectivity index (χ0n) is 16.3. The summed E-state index contributed by atoms with van der Waals surface area (Å²) < 4.78 is 26.2. The fourth-order valence-corrected chi connectivity index (χ4v) is 2.64. The fourth-order valence-electron chi connectivity index (χ4n) is 2.64. The number of aldehydes is 1. The molecule has 0 heterocycles. The third-order valence-corrected chi connectivity index (χ3v) is 4.28. The lowest BCUT2D eigenvalue weighted by Crippen LogP contribution is -2.39. The van der Waals surface area contributed by atoms with Crippen LogP contribution in [-0.2, 0) is 20.9 Å². The van der Waals surface area contributed by atoms with Crippen LogP contribution in [0.4, 0.5) is 8.78 Å². The van der Waals surface area contributed by atoms with Gasteiger partial charge >= 0.3 is 5.97 Å². The number of hydrogen-bond acceptors (Lipinski definition) is 4. The molecule has 0 aliphatic heterocycles. The number of nitrogens with zero attached hydrogens (tertiary/aromatic N) is 1. The number of halogens is 2. The summed E-state index contributed by atoms with van der Waals surface area (Å²) in [5.74, 6) is -2.30. The van der Waals surface area contributed by atoms with Crippen molar-refractivity contribution in [3.8, 4) is 0 Å². The Hall–Kier alpha value is -2.35. The first kappa shape index (κ1) is 23.7. The van der Waals surface area contributed by atoms with E-state index in [9.17, 15) is 23.2 Å². The van der Waals surface area contributed by atoms with E-state index in [4.69, 9.17) is 5.11 Å². The Morgan fingerprint density at radius 3 is 2.57 bits per heavy atom. The zero-order valence-corrected chi connectivity index (χ0v) is 16.3. The molecular weight excluding hydrogens is 370 g/mol. The SMILES string of the molecule is CC(=O)NC(CC1CC1)C(=O)O.CN(CCCC=O)Cc1cccc(F)c1F. The molecule has 0 spiro atoms. The van der Waals surface area contributed by atoms with Crippen molar-refractivity contribution in [1.29, 1.82) is 0 Å². The van der Waals surface area contributed by atoms with Crippen LogP contribution in [0.15, 0.2) is 18.2 Å². The van der Waals surface area contributed by atoms with Gasteiger partial charge in [0.1, 0.15) is 12.3 Å². The lowest BCUT2D eigenvalue weighted by molar-refractivity contribution is -0.141. The second-order valence-corrected chi connectivity index (χ2v) is 7.03. The summed E-state index contributed by atoms with van der Waals surface area (Å²) in [6, 6.07) is 3.47. The van der Waals surface area contributed by atoms with Crippen molar-refractivity contribution in [1.82, 2.24) is 10.2 Å². The Kier molecular flexibility index (Phi) is 10.3. The summed E-state index contributed by atoms with van der Waals surface area (Å²) in [7, 11) is 1.81. The highest BCUT2D eigenvalue weighted by molar-refractivity contribution is 5.82. The van der Waals surface area contributed by atoms with Gasteiger partial charge in [-0.1, -0.05) is 25.0 Å². The molecule has 28 heavy (non-hydrogen) atoms. The van der Waals surface area contributed by atoms with Gasteiger partial charge in [-0.15, -0.1) is 0 Å². The van der Waals surface area contributed by atoms with Crippen LogP contribution in [0.3, 0.4) is 0 Å². The molecule has 1 fully saturated rings. The molecule has 1 aromatic carbocycles. The van der Waals surface area contributed by atoms with Crippen LogP contribution in [0.5, 0.6) is 0 Å². The third-order valence-electron chi connectivity index (χ3n) is 4.28. The summed E-state index contributed by atoms with van der Waals surface area (Å²) in [5, 5.41) is 11.1. The normalized spacial score (nSPS) is 14.0. The smallest absolute Gasteiger partial charge is 0.326 e. The largest absolute Gasteiger partial charge is 0.480 e. The Morgan fingerprint density at radius 1 is 1.36 bits per heavy atom. The molecule has 1 saturated carbocycles. The highest BCUT2D eigenvalue weighted by atomic mass is 19.2. The lowest BCUT2D eigenvalue weighted by Gasteiger charge is -2.16. The van der Waals surface area contributed by atoms with E-state index in [1.54, 1.807) is 6.07 Å². The van der Waals surface area contributed by atoms with Crippen molar-refractivity contribution in [2.45, 2.75) is 51.6 Å². The van der Waals surface area contributed by atoms with Crippen LogP contribution in [0.25, 0.3) is 0 Å². The first-order valence-corrected chi connectivity index (χ1v) is 9.29. The molecular formula is C20H28F2N2O4. The number of carbonyl (C=O) groups excluding carboxylic acids is 2. The summed E-state index contributed by atoms with van der Waals surface area (Å²) in [4.78, 5) is 33.1. The molecule has 1 aliphatic rings. The Morgan fingerprint density at radius 2 is 2.04 bits per heavy atom. The summed E-state index contributed by atoms with van der Waals surface area (Å²) in [6.45, 7) is 2.37. The van der Waals surface area contributed by atoms with Crippen molar-refractivity contribution < 1.29 is 28.3 Å². The third kappa shape index (κ3) is 9.55. The highest BCUT2D eigenvalue weighted by Crippen LogP contribution is 2.33. The van der Waals surface area contributed by atoms with Gasteiger partial charge in [0.05, 0.1) is 0 Å². The van der Waals surface area contributed by atoms with Gasteiger partial charge in [-0.05, 0) is 38.4 Å². The van der Waals surface area contributed by atoms with Gasteiger partial charge in [0, 0.05) is 25.5 Å². The molecule has 0 radical (unpaired) electrons. The van der Waals surface area contributed by atoms with Gasteiger partial charge in [0.25, 0.3) is 0 Å². The summed E-state index contributed by atoms with van der Waals surface area (Å²) in [5.41, 5.74) is 0.341. The summed E-state index contributed by atoms with van der Waals surface area (Å²) in [6.07, 6.45) is 4.87. The second kappa shape index (κ2) is 12.2. The topological polar surface area (TPSA) is 86.7 Å². The average Bonchev–Trinajstić information content (AvgIpc) is 3.43. The Balaban J connectivity index is 0.000000292. The minimum atomic E-state index is -0.933. The first-order chi connectivity index (χ1) is 13.2. The van der Waals surface area contributed by atoms with E-state index in [1.807, 2.05) is 11.9 Å². The Bertz CT molecular complexity index is 666. The number of benzene rings is 1. The number of rotatable bonds is 10. The predicted molar refractivity (Wildman–Crippen MR) is 101 cm³/mol. The minimum Gasteiger partial charge on any atom is -0.480 e. The average molecular weight is 398 g/mol.